The Morgan fingerprint density at radius 1 is 1.09 bits per heavy atom. The first-order valence-corrected chi connectivity index (χ1v) is 9.91. The van der Waals surface area contributed by atoms with Crippen LogP contribution >= 0.6 is 27.5 Å². The smallest absolute Gasteiger partial charge is 0.317 e. The quantitative estimate of drug-likeness (QED) is 0.313. The molecule has 0 aliphatic rings. The molecule has 0 unspecified atom stereocenters. The number of halogens is 7. The van der Waals surface area contributed by atoms with E-state index < -0.39 is 51.5 Å². The van der Waals surface area contributed by atoms with Gasteiger partial charge in [-0.3, -0.25) is 4.79 Å². The predicted octanol–water partition coefficient (Wildman–Crippen LogP) is 6.36. The molecule has 0 bridgehead atoms. The number of anilines is 1. The van der Waals surface area contributed by atoms with Gasteiger partial charge in [0.1, 0.15) is 10.8 Å². The molecule has 1 N–H and O–H groups in total. The highest BCUT2D eigenvalue weighted by atomic mass is 79.9. The third kappa shape index (κ3) is 4.05. The Balaban J connectivity index is 1.85. The van der Waals surface area contributed by atoms with Gasteiger partial charge in [0.15, 0.2) is 22.9 Å². The lowest BCUT2D eigenvalue weighted by Gasteiger charge is -2.11. The van der Waals surface area contributed by atoms with Crippen LogP contribution in [0.25, 0.3) is 16.9 Å². The second kappa shape index (κ2) is 8.14. The molecule has 4 rings (SSSR count). The minimum absolute atomic E-state index is 0.0356. The summed E-state index contributed by atoms with van der Waals surface area (Å²) in [7, 11) is 0. The Morgan fingerprint density at radius 2 is 1.78 bits per heavy atom. The highest BCUT2D eigenvalue weighted by Gasteiger charge is 2.37. The Labute approximate surface area is 190 Å². The fourth-order valence-corrected chi connectivity index (χ4v) is 3.68. The van der Waals surface area contributed by atoms with Crippen LogP contribution in [0.15, 0.2) is 53.0 Å². The first kappa shape index (κ1) is 22.2. The van der Waals surface area contributed by atoms with Crippen molar-refractivity contribution in [3.05, 3.63) is 81.0 Å². The first-order chi connectivity index (χ1) is 15.1. The number of nitrogens with one attached hydrogen (secondary N) is 1. The average molecular weight is 532 g/mol. The predicted molar refractivity (Wildman–Crippen MR) is 110 cm³/mol. The molecule has 0 fully saturated rings. The van der Waals surface area contributed by atoms with Crippen LogP contribution in [0.3, 0.4) is 0 Å². The molecule has 5 nitrogen and oxygen atoms in total. The summed E-state index contributed by atoms with van der Waals surface area (Å²) in [4.78, 5) is 16.8. The summed E-state index contributed by atoms with van der Waals surface area (Å²) >= 11 is 9.08. The maximum atomic E-state index is 14.0. The number of amides is 1. The van der Waals surface area contributed by atoms with Gasteiger partial charge in [0.25, 0.3) is 5.91 Å². The molecule has 0 spiro atoms. The number of carbonyl (C=O) groups excluding carboxylic acids is 1. The van der Waals surface area contributed by atoms with E-state index >= 15 is 0 Å². The minimum atomic E-state index is -4.85. The highest BCUT2D eigenvalue weighted by molar-refractivity contribution is 9.10. The molecule has 164 valence electrons. The molecule has 0 atom stereocenters. The summed E-state index contributed by atoms with van der Waals surface area (Å²) in [6.45, 7) is 0. The maximum absolute atomic E-state index is 14.0. The van der Waals surface area contributed by atoms with Gasteiger partial charge in [0.2, 0.25) is 0 Å². The molecule has 4 aromatic rings. The summed E-state index contributed by atoms with van der Waals surface area (Å²) < 4.78 is 68.8. The number of hydrogen-bond donors (Lipinski definition) is 1. The topological polar surface area (TPSA) is 59.3 Å². The Hall–Kier alpha value is -3.05. The molecule has 2 heterocycles. The van der Waals surface area contributed by atoms with Crippen molar-refractivity contribution in [1.29, 1.82) is 0 Å². The van der Waals surface area contributed by atoms with E-state index in [1.807, 2.05) is 0 Å². The molecule has 2 aromatic heterocycles. The monoisotopic (exact) mass is 530 g/mol. The lowest BCUT2D eigenvalue weighted by Crippen LogP contribution is -2.16. The van der Waals surface area contributed by atoms with Gasteiger partial charge in [-0.1, -0.05) is 41.9 Å². The number of hydrogen-bond acceptors (Lipinski definition) is 3. The van der Waals surface area contributed by atoms with E-state index in [-0.39, 0.29) is 10.2 Å². The number of nitrogens with zero attached hydrogens (tertiary/aromatic N) is 3. The molecule has 1 amide bonds. The summed E-state index contributed by atoms with van der Waals surface area (Å²) in [5, 5.41) is 5.33. The fraction of sp³-hybridized carbons (Fsp3) is 0.0500. The molecule has 0 aliphatic heterocycles. The molecule has 2 aromatic carbocycles. The van der Waals surface area contributed by atoms with Crippen molar-refractivity contribution < 1.29 is 26.7 Å². The lowest BCUT2D eigenvalue weighted by molar-refractivity contribution is -0.142. The second-order valence-electron chi connectivity index (χ2n) is 6.49. The largest absolute Gasteiger partial charge is 0.433 e. The number of carbonyl (C=O) groups is 1. The van der Waals surface area contributed by atoms with E-state index in [1.165, 1.54) is 0 Å². The molecule has 32 heavy (non-hydrogen) atoms. The fourth-order valence-electron chi connectivity index (χ4n) is 2.93. The van der Waals surface area contributed by atoms with Crippen LogP contribution < -0.4 is 5.32 Å². The first-order valence-electron chi connectivity index (χ1n) is 8.74. The van der Waals surface area contributed by atoms with E-state index in [9.17, 15) is 26.7 Å². The minimum Gasteiger partial charge on any atom is -0.317 e. The molecule has 12 heteroatoms. The van der Waals surface area contributed by atoms with Gasteiger partial charge in [0, 0.05) is 16.1 Å². The molecule has 0 saturated carbocycles. The van der Waals surface area contributed by atoms with Crippen LogP contribution in [-0.2, 0) is 6.18 Å². The van der Waals surface area contributed by atoms with Gasteiger partial charge in [-0.25, -0.2) is 18.3 Å². The number of aromatic nitrogens is 3. The van der Waals surface area contributed by atoms with E-state index in [2.05, 4.69) is 31.3 Å². The average Bonchev–Trinajstić information content (AvgIpc) is 3.06. The zero-order valence-electron chi connectivity index (χ0n) is 15.5. The maximum Gasteiger partial charge on any atom is 0.433 e. The lowest BCUT2D eigenvalue weighted by atomic mass is 10.1. The number of alkyl halides is 3. The summed E-state index contributed by atoms with van der Waals surface area (Å²) in [5.41, 5.74) is -2.32. The molecule has 0 aliphatic carbocycles. The Kier molecular flexibility index (Phi) is 5.63. The molecular weight excluding hydrogens is 523 g/mol. The SMILES string of the molecule is O=C(Nc1c(F)cc(F)cc1Br)c1nn2c(C(F)(F)F)cc(-c3ccccc3)nc2c1Cl. The van der Waals surface area contributed by atoms with Crippen molar-refractivity contribution in [2.24, 2.45) is 0 Å². The van der Waals surface area contributed by atoms with Crippen molar-refractivity contribution in [2.45, 2.75) is 6.18 Å². The van der Waals surface area contributed by atoms with Crippen LogP contribution in [-0.4, -0.2) is 20.5 Å². The van der Waals surface area contributed by atoms with Crippen molar-refractivity contribution in [3.8, 4) is 11.3 Å². The Morgan fingerprint density at radius 3 is 2.41 bits per heavy atom. The second-order valence-corrected chi connectivity index (χ2v) is 7.72. The van der Waals surface area contributed by atoms with Gasteiger partial charge < -0.3 is 5.32 Å². The van der Waals surface area contributed by atoms with Gasteiger partial charge in [0.05, 0.1) is 11.4 Å². The zero-order valence-corrected chi connectivity index (χ0v) is 17.9. The van der Waals surface area contributed by atoms with E-state index in [0.717, 1.165) is 12.1 Å². The van der Waals surface area contributed by atoms with Crippen molar-refractivity contribution in [2.75, 3.05) is 5.32 Å². The van der Waals surface area contributed by atoms with Crippen molar-refractivity contribution in [3.63, 3.8) is 0 Å². The van der Waals surface area contributed by atoms with Gasteiger partial charge in [-0.05, 0) is 28.1 Å². The van der Waals surface area contributed by atoms with Gasteiger partial charge in [-0.15, -0.1) is 0 Å². The number of fused-ring (bicyclic) bond motifs is 1. The van der Waals surface area contributed by atoms with Crippen LogP contribution in [0.4, 0.5) is 27.6 Å². The summed E-state index contributed by atoms with van der Waals surface area (Å²) in [6, 6.07) is 10.3. The van der Waals surface area contributed by atoms with Crippen LogP contribution in [0.2, 0.25) is 5.02 Å². The zero-order chi connectivity index (χ0) is 23.2. The third-order valence-corrected chi connectivity index (χ3v) is 5.33. The van der Waals surface area contributed by atoms with Crippen LogP contribution in [0.5, 0.6) is 0 Å². The standard InChI is InChI=1S/C20H9BrClF5N4O/c21-11-6-10(23)7-12(24)16(11)29-19(32)17-15(22)18-28-13(9-4-2-1-3-5-9)8-14(20(25,26)27)31(18)30-17/h1-8H,(H,29,32). The summed E-state index contributed by atoms with van der Waals surface area (Å²) in [6.07, 6.45) is -4.85. The van der Waals surface area contributed by atoms with E-state index in [4.69, 9.17) is 11.6 Å². The Bertz CT molecular complexity index is 1330. The van der Waals surface area contributed by atoms with Crippen LogP contribution in [0, 0.1) is 11.6 Å². The molecule has 0 radical (unpaired) electrons. The third-order valence-electron chi connectivity index (χ3n) is 4.35. The van der Waals surface area contributed by atoms with Crippen molar-refractivity contribution >= 4 is 44.8 Å². The van der Waals surface area contributed by atoms with Crippen LogP contribution in [0.1, 0.15) is 16.2 Å². The van der Waals surface area contributed by atoms with E-state index in [0.29, 0.717) is 16.1 Å². The molecule has 0 saturated heterocycles. The van der Waals surface area contributed by atoms with Gasteiger partial charge in [-0.2, -0.15) is 18.3 Å². The number of rotatable bonds is 3. The van der Waals surface area contributed by atoms with Crippen molar-refractivity contribution in [1.82, 2.24) is 14.6 Å². The molecular formula is C20H9BrClF5N4O. The number of benzene rings is 2. The van der Waals surface area contributed by atoms with Gasteiger partial charge >= 0.3 is 6.18 Å². The highest BCUT2D eigenvalue weighted by Crippen LogP contribution is 2.35. The summed E-state index contributed by atoms with van der Waals surface area (Å²) in [5.74, 6) is -3.11. The normalized spacial score (nSPS) is 11.7. The van der Waals surface area contributed by atoms with E-state index in [1.54, 1.807) is 30.3 Å².